The maximum atomic E-state index is 4.19. The Hall–Kier alpha value is -0.900. The summed E-state index contributed by atoms with van der Waals surface area (Å²) in [6.07, 6.45) is 2.98. The first-order chi connectivity index (χ1) is 7.66. The third-order valence-corrected chi connectivity index (χ3v) is 2.26. The van der Waals surface area contributed by atoms with Crippen LogP contribution < -0.4 is 5.32 Å². The molecule has 0 bridgehead atoms. The van der Waals surface area contributed by atoms with Gasteiger partial charge in [0.05, 0.1) is 5.69 Å². The van der Waals surface area contributed by atoms with Crippen LogP contribution in [0.4, 0.5) is 0 Å². The third-order valence-electron chi connectivity index (χ3n) is 2.26. The van der Waals surface area contributed by atoms with Crippen molar-refractivity contribution in [1.29, 1.82) is 0 Å². The van der Waals surface area contributed by atoms with E-state index in [0.29, 0.717) is 0 Å². The van der Waals surface area contributed by atoms with Crippen molar-refractivity contribution in [2.24, 2.45) is 5.41 Å². The summed E-state index contributed by atoms with van der Waals surface area (Å²) in [5, 5.41) is 11.8. The standard InChI is InChI=1S/C13H26N4/c1-12(2,3)10-17-9-11(15-16-17)7-8-14-13(4,5)6/h9,14H,7-8,10H2,1-6H3. The summed E-state index contributed by atoms with van der Waals surface area (Å²) in [6.45, 7) is 15.0. The first-order valence-electron chi connectivity index (χ1n) is 6.30. The summed E-state index contributed by atoms with van der Waals surface area (Å²) in [7, 11) is 0. The molecule has 1 aromatic rings. The average Bonchev–Trinajstić information content (AvgIpc) is 2.46. The second kappa shape index (κ2) is 5.17. The minimum absolute atomic E-state index is 0.168. The smallest absolute Gasteiger partial charge is 0.0839 e. The van der Waals surface area contributed by atoms with Gasteiger partial charge in [-0.15, -0.1) is 5.10 Å². The topological polar surface area (TPSA) is 42.7 Å². The highest BCUT2D eigenvalue weighted by molar-refractivity contribution is 4.94. The van der Waals surface area contributed by atoms with Gasteiger partial charge in [0.15, 0.2) is 0 Å². The number of nitrogens with one attached hydrogen (secondary N) is 1. The van der Waals surface area contributed by atoms with Crippen LogP contribution in [0.2, 0.25) is 0 Å². The Kier molecular flexibility index (Phi) is 4.31. The molecular formula is C13H26N4. The first-order valence-corrected chi connectivity index (χ1v) is 6.30. The Bertz CT molecular complexity index is 341. The third kappa shape index (κ3) is 6.41. The molecule has 4 heteroatoms. The van der Waals surface area contributed by atoms with Gasteiger partial charge in [-0.25, -0.2) is 0 Å². The van der Waals surface area contributed by atoms with Crippen molar-refractivity contribution >= 4 is 0 Å². The van der Waals surface area contributed by atoms with E-state index in [4.69, 9.17) is 0 Å². The van der Waals surface area contributed by atoms with Crippen LogP contribution in [-0.2, 0) is 13.0 Å². The SMILES string of the molecule is CC(C)(C)Cn1cc(CCNC(C)(C)C)nn1. The van der Waals surface area contributed by atoms with E-state index in [1.54, 1.807) is 0 Å². The molecular weight excluding hydrogens is 212 g/mol. The van der Waals surface area contributed by atoms with Crippen LogP contribution in [-0.4, -0.2) is 27.1 Å². The number of hydrogen-bond donors (Lipinski definition) is 1. The Morgan fingerprint density at radius 3 is 2.35 bits per heavy atom. The Balaban J connectivity index is 2.41. The molecule has 0 atom stereocenters. The molecule has 0 saturated carbocycles. The Morgan fingerprint density at radius 1 is 1.18 bits per heavy atom. The van der Waals surface area contributed by atoms with E-state index in [0.717, 1.165) is 25.2 Å². The summed E-state index contributed by atoms with van der Waals surface area (Å²) >= 11 is 0. The molecule has 1 heterocycles. The summed E-state index contributed by atoms with van der Waals surface area (Å²) < 4.78 is 1.94. The Labute approximate surface area is 105 Å². The number of aromatic nitrogens is 3. The minimum atomic E-state index is 0.168. The summed E-state index contributed by atoms with van der Waals surface area (Å²) in [5.41, 5.74) is 1.47. The zero-order chi connectivity index (χ0) is 13.1. The van der Waals surface area contributed by atoms with Gasteiger partial charge in [0.25, 0.3) is 0 Å². The van der Waals surface area contributed by atoms with Crippen molar-refractivity contribution in [3.05, 3.63) is 11.9 Å². The fraction of sp³-hybridized carbons (Fsp3) is 0.846. The first kappa shape index (κ1) is 14.2. The van der Waals surface area contributed by atoms with Gasteiger partial charge in [-0.1, -0.05) is 26.0 Å². The molecule has 0 aromatic carbocycles. The van der Waals surface area contributed by atoms with Gasteiger partial charge in [-0.05, 0) is 26.2 Å². The monoisotopic (exact) mass is 238 g/mol. The lowest BCUT2D eigenvalue weighted by Gasteiger charge is -2.19. The van der Waals surface area contributed by atoms with Crippen molar-refractivity contribution in [3.8, 4) is 0 Å². The van der Waals surface area contributed by atoms with Crippen LogP contribution in [0.25, 0.3) is 0 Å². The number of hydrogen-bond acceptors (Lipinski definition) is 3. The highest BCUT2D eigenvalue weighted by Crippen LogP contribution is 2.15. The lowest BCUT2D eigenvalue weighted by atomic mass is 9.97. The van der Waals surface area contributed by atoms with Gasteiger partial charge in [-0.3, -0.25) is 4.68 Å². The fourth-order valence-corrected chi connectivity index (χ4v) is 1.58. The fourth-order valence-electron chi connectivity index (χ4n) is 1.58. The van der Waals surface area contributed by atoms with Crippen molar-refractivity contribution < 1.29 is 0 Å². The maximum absolute atomic E-state index is 4.19. The molecule has 1 aromatic heterocycles. The van der Waals surface area contributed by atoms with E-state index in [9.17, 15) is 0 Å². The summed E-state index contributed by atoms with van der Waals surface area (Å²) in [4.78, 5) is 0. The van der Waals surface area contributed by atoms with E-state index in [-0.39, 0.29) is 11.0 Å². The zero-order valence-corrected chi connectivity index (χ0v) is 12.0. The molecule has 0 fully saturated rings. The van der Waals surface area contributed by atoms with Crippen molar-refractivity contribution in [1.82, 2.24) is 20.3 Å². The van der Waals surface area contributed by atoms with Crippen LogP contribution in [0.5, 0.6) is 0 Å². The van der Waals surface area contributed by atoms with E-state index in [1.807, 2.05) is 4.68 Å². The molecule has 4 nitrogen and oxygen atoms in total. The molecule has 17 heavy (non-hydrogen) atoms. The normalized spacial score (nSPS) is 13.1. The van der Waals surface area contributed by atoms with Gasteiger partial charge in [0, 0.05) is 31.2 Å². The molecule has 0 aliphatic heterocycles. The van der Waals surface area contributed by atoms with Crippen LogP contribution in [0.3, 0.4) is 0 Å². The molecule has 1 N–H and O–H groups in total. The summed E-state index contributed by atoms with van der Waals surface area (Å²) in [6, 6.07) is 0. The van der Waals surface area contributed by atoms with Gasteiger partial charge in [0.2, 0.25) is 0 Å². The van der Waals surface area contributed by atoms with Gasteiger partial charge in [-0.2, -0.15) is 0 Å². The van der Waals surface area contributed by atoms with Crippen LogP contribution in [0.15, 0.2) is 6.20 Å². The molecule has 0 amide bonds. The van der Waals surface area contributed by atoms with E-state index in [1.165, 1.54) is 0 Å². The van der Waals surface area contributed by atoms with Crippen molar-refractivity contribution in [3.63, 3.8) is 0 Å². The van der Waals surface area contributed by atoms with Gasteiger partial charge >= 0.3 is 0 Å². The zero-order valence-electron chi connectivity index (χ0n) is 12.0. The molecule has 0 aliphatic carbocycles. The van der Waals surface area contributed by atoms with Gasteiger partial charge < -0.3 is 5.32 Å². The molecule has 98 valence electrons. The molecule has 0 aliphatic rings. The Morgan fingerprint density at radius 2 is 1.82 bits per heavy atom. The second-order valence-corrected chi connectivity index (χ2v) is 6.89. The lowest BCUT2D eigenvalue weighted by molar-refractivity contribution is 0.321. The maximum Gasteiger partial charge on any atom is 0.0839 e. The molecule has 0 radical (unpaired) electrons. The van der Waals surface area contributed by atoms with Crippen molar-refractivity contribution in [2.75, 3.05) is 6.54 Å². The number of nitrogens with zero attached hydrogens (tertiary/aromatic N) is 3. The quantitative estimate of drug-likeness (QED) is 0.875. The van der Waals surface area contributed by atoms with E-state index >= 15 is 0 Å². The molecule has 1 rings (SSSR count). The summed E-state index contributed by atoms with van der Waals surface area (Å²) in [5.74, 6) is 0. The lowest BCUT2D eigenvalue weighted by Crippen LogP contribution is -2.37. The van der Waals surface area contributed by atoms with Crippen LogP contribution in [0.1, 0.15) is 47.2 Å². The molecule has 0 unspecified atom stereocenters. The molecule has 0 spiro atoms. The van der Waals surface area contributed by atoms with Gasteiger partial charge in [0.1, 0.15) is 0 Å². The second-order valence-electron chi connectivity index (χ2n) is 6.89. The predicted octanol–water partition coefficient (Wildman–Crippen LogP) is 2.25. The largest absolute Gasteiger partial charge is 0.312 e. The molecule has 0 saturated heterocycles. The predicted molar refractivity (Wildman–Crippen MR) is 70.9 cm³/mol. The number of rotatable bonds is 4. The highest BCUT2D eigenvalue weighted by atomic mass is 15.4. The minimum Gasteiger partial charge on any atom is -0.312 e. The van der Waals surface area contributed by atoms with Crippen LogP contribution in [0, 0.1) is 5.41 Å². The average molecular weight is 238 g/mol. The van der Waals surface area contributed by atoms with Crippen LogP contribution >= 0.6 is 0 Å². The van der Waals surface area contributed by atoms with E-state index in [2.05, 4.69) is 63.4 Å². The van der Waals surface area contributed by atoms with Crippen molar-refractivity contribution in [2.45, 2.75) is 60.0 Å². The van der Waals surface area contributed by atoms with E-state index < -0.39 is 0 Å². The highest BCUT2D eigenvalue weighted by Gasteiger charge is 2.13.